The zero-order valence-corrected chi connectivity index (χ0v) is 13.9. The zero-order valence-electron chi connectivity index (χ0n) is 13.9. The van der Waals surface area contributed by atoms with E-state index in [1.54, 1.807) is 42.3 Å². The van der Waals surface area contributed by atoms with Crippen LogP contribution in [0.1, 0.15) is 21.7 Å². The van der Waals surface area contributed by atoms with Gasteiger partial charge >= 0.3 is 0 Å². The third kappa shape index (κ3) is 2.91. The number of anilines is 1. The number of furan rings is 1. The molecule has 0 unspecified atom stereocenters. The molecule has 1 heterocycles. The average molecular weight is 321 g/mol. The highest BCUT2D eigenvalue weighted by Gasteiger charge is 2.19. The fourth-order valence-corrected chi connectivity index (χ4v) is 2.74. The highest BCUT2D eigenvalue weighted by atomic mass is 16.4. The van der Waals surface area contributed by atoms with Gasteiger partial charge in [0, 0.05) is 18.3 Å². The molecule has 3 rings (SSSR count). The van der Waals surface area contributed by atoms with Crippen molar-refractivity contribution in [2.45, 2.75) is 13.8 Å². The van der Waals surface area contributed by atoms with Crippen LogP contribution in [0.5, 0.6) is 5.75 Å². The van der Waals surface area contributed by atoms with Crippen molar-refractivity contribution >= 4 is 11.6 Å². The minimum atomic E-state index is -0.202. The van der Waals surface area contributed by atoms with Crippen molar-refractivity contribution in [2.75, 3.05) is 11.9 Å². The first-order chi connectivity index (χ1) is 11.5. The van der Waals surface area contributed by atoms with E-state index in [4.69, 9.17) is 4.42 Å². The molecule has 0 saturated carbocycles. The molecule has 0 aliphatic rings. The summed E-state index contributed by atoms with van der Waals surface area (Å²) in [6.07, 6.45) is 0. The summed E-state index contributed by atoms with van der Waals surface area (Å²) < 4.78 is 5.76. The largest absolute Gasteiger partial charge is 0.508 e. The quantitative estimate of drug-likeness (QED) is 0.770. The smallest absolute Gasteiger partial charge is 0.293 e. The van der Waals surface area contributed by atoms with E-state index < -0.39 is 0 Å². The first-order valence-corrected chi connectivity index (χ1v) is 7.71. The van der Waals surface area contributed by atoms with Crippen LogP contribution in [0.2, 0.25) is 0 Å². The average Bonchev–Trinajstić information content (AvgIpc) is 3.03. The summed E-state index contributed by atoms with van der Waals surface area (Å²) >= 11 is 0. The molecular formula is C20H19NO3. The minimum absolute atomic E-state index is 0.202. The van der Waals surface area contributed by atoms with E-state index in [0.29, 0.717) is 5.76 Å². The molecule has 0 aliphatic carbocycles. The highest BCUT2D eigenvalue weighted by Crippen LogP contribution is 2.29. The maximum absolute atomic E-state index is 12.7. The van der Waals surface area contributed by atoms with Crippen molar-refractivity contribution in [3.05, 3.63) is 71.5 Å². The van der Waals surface area contributed by atoms with Gasteiger partial charge in [-0.25, -0.2) is 0 Å². The number of para-hydroxylation sites is 1. The summed E-state index contributed by atoms with van der Waals surface area (Å²) in [6.45, 7) is 3.85. The van der Waals surface area contributed by atoms with Gasteiger partial charge in [-0.15, -0.1) is 0 Å². The van der Waals surface area contributed by atoms with E-state index >= 15 is 0 Å². The van der Waals surface area contributed by atoms with Crippen molar-refractivity contribution < 1.29 is 14.3 Å². The second-order valence-corrected chi connectivity index (χ2v) is 5.81. The third-order valence-corrected chi connectivity index (χ3v) is 4.07. The number of carbonyl (C=O) groups is 1. The lowest BCUT2D eigenvalue weighted by Crippen LogP contribution is -2.26. The number of carbonyl (C=O) groups excluding carboxylic acids is 1. The number of aryl methyl sites for hydroxylation is 2. The van der Waals surface area contributed by atoms with Crippen LogP contribution in [0.3, 0.4) is 0 Å². The van der Waals surface area contributed by atoms with Gasteiger partial charge in [-0.2, -0.15) is 0 Å². The van der Waals surface area contributed by atoms with Crippen molar-refractivity contribution in [3.63, 3.8) is 0 Å². The van der Waals surface area contributed by atoms with Crippen molar-refractivity contribution in [3.8, 4) is 17.1 Å². The number of benzene rings is 2. The molecule has 24 heavy (non-hydrogen) atoms. The number of phenolic OH excluding ortho intramolecular Hbond substituents is 1. The molecule has 1 aromatic heterocycles. The molecule has 1 amide bonds. The van der Waals surface area contributed by atoms with E-state index in [2.05, 4.69) is 0 Å². The molecule has 0 atom stereocenters. The van der Waals surface area contributed by atoms with Crippen LogP contribution in [-0.4, -0.2) is 18.1 Å². The summed E-state index contributed by atoms with van der Waals surface area (Å²) in [5, 5.41) is 9.51. The molecule has 0 saturated heterocycles. The van der Waals surface area contributed by atoms with Gasteiger partial charge in [0.15, 0.2) is 5.76 Å². The Morgan fingerprint density at radius 3 is 2.46 bits per heavy atom. The lowest BCUT2D eigenvalue weighted by atomic mass is 10.1. The molecule has 0 bridgehead atoms. The van der Waals surface area contributed by atoms with E-state index in [1.165, 1.54) is 0 Å². The Kier molecular flexibility index (Phi) is 4.13. The Hall–Kier alpha value is -3.01. The molecule has 4 heteroatoms. The lowest BCUT2D eigenvalue weighted by Gasteiger charge is -2.18. The summed E-state index contributed by atoms with van der Waals surface area (Å²) in [5.41, 5.74) is 3.61. The van der Waals surface area contributed by atoms with Crippen LogP contribution < -0.4 is 4.90 Å². The molecule has 0 radical (unpaired) electrons. The maximum Gasteiger partial charge on any atom is 0.293 e. The minimum Gasteiger partial charge on any atom is -0.508 e. The number of hydrogen-bond donors (Lipinski definition) is 1. The highest BCUT2D eigenvalue weighted by molar-refractivity contribution is 6.04. The summed E-state index contributed by atoms with van der Waals surface area (Å²) in [7, 11) is 1.73. The van der Waals surface area contributed by atoms with Gasteiger partial charge in [0.2, 0.25) is 0 Å². The van der Waals surface area contributed by atoms with E-state index in [0.717, 1.165) is 22.4 Å². The third-order valence-electron chi connectivity index (χ3n) is 4.07. The molecule has 4 nitrogen and oxygen atoms in total. The maximum atomic E-state index is 12.7. The Morgan fingerprint density at radius 1 is 1.00 bits per heavy atom. The second-order valence-electron chi connectivity index (χ2n) is 5.81. The molecule has 0 aliphatic heterocycles. The van der Waals surface area contributed by atoms with Crippen molar-refractivity contribution in [1.82, 2.24) is 0 Å². The normalized spacial score (nSPS) is 10.6. The predicted molar refractivity (Wildman–Crippen MR) is 94.5 cm³/mol. The molecule has 0 spiro atoms. The monoisotopic (exact) mass is 321 g/mol. The number of hydrogen-bond acceptors (Lipinski definition) is 3. The fraction of sp³-hybridized carbons (Fsp3) is 0.150. The van der Waals surface area contributed by atoms with Gasteiger partial charge in [0.1, 0.15) is 11.5 Å². The van der Waals surface area contributed by atoms with Crippen LogP contribution >= 0.6 is 0 Å². The van der Waals surface area contributed by atoms with Gasteiger partial charge in [-0.3, -0.25) is 4.79 Å². The van der Waals surface area contributed by atoms with E-state index in [-0.39, 0.29) is 17.4 Å². The molecule has 122 valence electrons. The molecule has 3 aromatic rings. The number of rotatable bonds is 3. The van der Waals surface area contributed by atoms with Gasteiger partial charge in [0.05, 0.1) is 0 Å². The summed E-state index contributed by atoms with van der Waals surface area (Å²) in [6, 6.07) is 16.2. The van der Waals surface area contributed by atoms with Crippen molar-refractivity contribution in [1.29, 1.82) is 0 Å². The van der Waals surface area contributed by atoms with Gasteiger partial charge in [-0.1, -0.05) is 18.2 Å². The zero-order chi connectivity index (χ0) is 17.3. The van der Waals surface area contributed by atoms with Crippen molar-refractivity contribution in [2.24, 2.45) is 0 Å². The molecule has 0 fully saturated rings. The Bertz CT molecular complexity index is 895. The number of amides is 1. The summed E-state index contributed by atoms with van der Waals surface area (Å²) in [4.78, 5) is 14.3. The molecule has 2 aromatic carbocycles. The van der Waals surface area contributed by atoms with E-state index in [9.17, 15) is 9.90 Å². The fourth-order valence-electron chi connectivity index (χ4n) is 2.74. The predicted octanol–water partition coefficient (Wildman–Crippen LogP) is 4.55. The Morgan fingerprint density at radius 2 is 1.75 bits per heavy atom. The van der Waals surface area contributed by atoms with Crippen LogP contribution in [-0.2, 0) is 0 Å². The SMILES string of the molecule is Cc1cc(O)ccc1-c1ccc(C(=O)N(C)c2ccccc2C)o1. The molecular weight excluding hydrogens is 302 g/mol. The van der Waals surface area contributed by atoms with Gasteiger partial charge < -0.3 is 14.4 Å². The number of phenols is 1. The second kappa shape index (κ2) is 6.24. The Labute approximate surface area is 141 Å². The first-order valence-electron chi connectivity index (χ1n) is 7.71. The van der Waals surface area contributed by atoms with Crippen LogP contribution in [0.4, 0.5) is 5.69 Å². The van der Waals surface area contributed by atoms with Crippen LogP contribution in [0.15, 0.2) is 59.0 Å². The number of nitrogens with zero attached hydrogens (tertiary/aromatic N) is 1. The topological polar surface area (TPSA) is 53.7 Å². The van der Waals surface area contributed by atoms with E-state index in [1.807, 2.05) is 38.1 Å². The molecule has 1 N–H and O–H groups in total. The number of aromatic hydroxyl groups is 1. The lowest BCUT2D eigenvalue weighted by molar-refractivity contribution is 0.0967. The van der Waals surface area contributed by atoms with Gasteiger partial charge in [0.25, 0.3) is 5.91 Å². The Balaban J connectivity index is 1.90. The van der Waals surface area contributed by atoms with Crippen LogP contribution in [0, 0.1) is 13.8 Å². The summed E-state index contributed by atoms with van der Waals surface area (Å²) in [5.74, 6) is 0.891. The first kappa shape index (κ1) is 15.9. The van der Waals surface area contributed by atoms with Crippen LogP contribution in [0.25, 0.3) is 11.3 Å². The standard InChI is InChI=1S/C20H19NO3/c1-13-6-4-5-7-17(13)21(3)20(23)19-11-10-18(24-19)16-9-8-15(22)12-14(16)2/h4-12,22H,1-3H3. The van der Waals surface area contributed by atoms with Gasteiger partial charge in [-0.05, 0) is 61.4 Å².